The molecule has 0 aromatic heterocycles. The zero-order chi connectivity index (χ0) is 15.4. The van der Waals surface area contributed by atoms with E-state index in [1.807, 2.05) is 39.0 Å². The predicted molar refractivity (Wildman–Crippen MR) is 79.4 cm³/mol. The zero-order valence-corrected chi connectivity index (χ0v) is 12.8. The number of aryl methyl sites for hydroxylation is 1. The molecule has 1 aromatic rings. The van der Waals surface area contributed by atoms with E-state index in [1.165, 1.54) is 0 Å². The Bertz CT molecular complexity index is 503. The van der Waals surface area contributed by atoms with Crippen molar-refractivity contribution in [2.75, 3.05) is 26.3 Å². The zero-order valence-electron chi connectivity index (χ0n) is 12.8. The van der Waals surface area contributed by atoms with Crippen LogP contribution in [-0.2, 0) is 9.53 Å². The lowest BCUT2D eigenvalue weighted by Gasteiger charge is -2.36. The third kappa shape index (κ3) is 3.95. The van der Waals surface area contributed by atoms with Crippen LogP contribution in [0, 0.1) is 13.8 Å². The number of hydrogen-bond donors (Lipinski definition) is 1. The van der Waals surface area contributed by atoms with Crippen molar-refractivity contribution in [1.82, 2.24) is 4.90 Å². The SMILES string of the molecule is Cc1cccc(OCC(=O)N2CC(C)OC(CO)C2)c1C. The van der Waals surface area contributed by atoms with Gasteiger partial charge in [-0.2, -0.15) is 0 Å². The summed E-state index contributed by atoms with van der Waals surface area (Å²) >= 11 is 0. The summed E-state index contributed by atoms with van der Waals surface area (Å²) in [5.74, 6) is 0.660. The van der Waals surface area contributed by atoms with Crippen LogP contribution in [0.5, 0.6) is 5.75 Å². The molecular weight excluding hydrogens is 270 g/mol. The maximum absolute atomic E-state index is 12.2. The Balaban J connectivity index is 1.93. The van der Waals surface area contributed by atoms with Crippen molar-refractivity contribution < 1.29 is 19.4 Å². The number of hydrogen-bond acceptors (Lipinski definition) is 4. The van der Waals surface area contributed by atoms with Gasteiger partial charge in [0.25, 0.3) is 5.91 Å². The summed E-state index contributed by atoms with van der Waals surface area (Å²) < 4.78 is 11.2. The standard InChI is InChI=1S/C16H23NO4/c1-11-5-4-6-15(13(11)3)20-10-16(19)17-7-12(2)21-14(8-17)9-18/h4-6,12,14,18H,7-10H2,1-3H3. The molecule has 2 unspecified atom stereocenters. The Hall–Kier alpha value is -1.59. The van der Waals surface area contributed by atoms with Gasteiger partial charge in [-0.05, 0) is 38.0 Å². The van der Waals surface area contributed by atoms with E-state index in [-0.39, 0.29) is 31.3 Å². The van der Waals surface area contributed by atoms with E-state index in [4.69, 9.17) is 9.47 Å². The maximum Gasteiger partial charge on any atom is 0.260 e. The highest BCUT2D eigenvalue weighted by atomic mass is 16.5. The highest BCUT2D eigenvalue weighted by Crippen LogP contribution is 2.20. The van der Waals surface area contributed by atoms with Gasteiger partial charge >= 0.3 is 0 Å². The first kappa shape index (κ1) is 15.8. The third-order valence-electron chi connectivity index (χ3n) is 3.79. The number of carbonyl (C=O) groups excluding carboxylic acids is 1. The van der Waals surface area contributed by atoms with Crippen molar-refractivity contribution >= 4 is 5.91 Å². The molecule has 0 radical (unpaired) electrons. The summed E-state index contributed by atoms with van der Waals surface area (Å²) in [5.41, 5.74) is 2.19. The van der Waals surface area contributed by atoms with Gasteiger partial charge in [0.2, 0.25) is 0 Å². The summed E-state index contributed by atoms with van der Waals surface area (Å²) in [7, 11) is 0. The smallest absolute Gasteiger partial charge is 0.260 e. The number of nitrogens with zero attached hydrogens (tertiary/aromatic N) is 1. The molecule has 2 rings (SSSR count). The summed E-state index contributed by atoms with van der Waals surface area (Å²) in [6.45, 7) is 6.77. The fourth-order valence-corrected chi connectivity index (χ4v) is 2.46. The van der Waals surface area contributed by atoms with Gasteiger partial charge in [0.1, 0.15) is 5.75 Å². The molecule has 21 heavy (non-hydrogen) atoms. The van der Waals surface area contributed by atoms with Gasteiger partial charge in [-0.3, -0.25) is 4.79 Å². The molecule has 1 aliphatic rings. The van der Waals surface area contributed by atoms with Crippen molar-refractivity contribution in [2.45, 2.75) is 33.0 Å². The van der Waals surface area contributed by atoms with E-state index in [0.717, 1.165) is 16.9 Å². The van der Waals surface area contributed by atoms with Gasteiger partial charge in [0.15, 0.2) is 6.61 Å². The van der Waals surface area contributed by atoms with Crippen molar-refractivity contribution in [3.8, 4) is 5.75 Å². The molecular formula is C16H23NO4. The van der Waals surface area contributed by atoms with Gasteiger partial charge in [-0.25, -0.2) is 0 Å². The van der Waals surface area contributed by atoms with E-state index < -0.39 is 0 Å². The summed E-state index contributed by atoms with van der Waals surface area (Å²) in [6, 6.07) is 5.80. The molecule has 1 aliphatic heterocycles. The van der Waals surface area contributed by atoms with Crippen LogP contribution in [0.15, 0.2) is 18.2 Å². The molecule has 5 nitrogen and oxygen atoms in total. The highest BCUT2D eigenvalue weighted by molar-refractivity contribution is 5.78. The first-order valence-corrected chi connectivity index (χ1v) is 7.24. The number of rotatable bonds is 4. The number of amides is 1. The molecule has 1 fully saturated rings. The van der Waals surface area contributed by atoms with Crippen LogP contribution in [-0.4, -0.2) is 54.4 Å². The molecule has 116 valence electrons. The van der Waals surface area contributed by atoms with E-state index in [9.17, 15) is 9.90 Å². The molecule has 1 amide bonds. The molecule has 2 atom stereocenters. The lowest BCUT2D eigenvalue weighted by molar-refractivity contribution is -0.149. The van der Waals surface area contributed by atoms with Gasteiger partial charge < -0.3 is 19.5 Å². The quantitative estimate of drug-likeness (QED) is 0.909. The first-order valence-electron chi connectivity index (χ1n) is 7.24. The van der Waals surface area contributed by atoms with Crippen LogP contribution in [0.2, 0.25) is 0 Å². The van der Waals surface area contributed by atoms with Gasteiger partial charge in [-0.15, -0.1) is 0 Å². The van der Waals surface area contributed by atoms with E-state index >= 15 is 0 Å². The minimum absolute atomic E-state index is 0.00909. The highest BCUT2D eigenvalue weighted by Gasteiger charge is 2.28. The number of ether oxygens (including phenoxy) is 2. The van der Waals surface area contributed by atoms with E-state index in [1.54, 1.807) is 4.90 Å². The normalized spacial score (nSPS) is 22.2. The monoisotopic (exact) mass is 293 g/mol. The lowest BCUT2D eigenvalue weighted by atomic mass is 10.1. The minimum Gasteiger partial charge on any atom is -0.483 e. The van der Waals surface area contributed by atoms with Crippen LogP contribution in [0.3, 0.4) is 0 Å². The molecule has 5 heteroatoms. The van der Waals surface area contributed by atoms with Gasteiger partial charge in [0.05, 0.1) is 18.8 Å². The summed E-state index contributed by atoms with van der Waals surface area (Å²) in [6.07, 6.45) is -0.376. The molecule has 1 saturated heterocycles. The number of aliphatic hydroxyl groups excluding tert-OH is 1. The second-order valence-electron chi connectivity index (χ2n) is 5.54. The molecule has 1 heterocycles. The average Bonchev–Trinajstić information content (AvgIpc) is 2.47. The van der Waals surface area contributed by atoms with Crippen molar-refractivity contribution in [3.63, 3.8) is 0 Å². The van der Waals surface area contributed by atoms with Crippen LogP contribution in [0.1, 0.15) is 18.1 Å². The molecule has 0 bridgehead atoms. The number of morpholine rings is 1. The number of carbonyl (C=O) groups is 1. The molecule has 0 saturated carbocycles. The minimum atomic E-state index is -0.307. The fourth-order valence-electron chi connectivity index (χ4n) is 2.46. The van der Waals surface area contributed by atoms with Crippen molar-refractivity contribution in [3.05, 3.63) is 29.3 Å². The van der Waals surface area contributed by atoms with E-state index in [2.05, 4.69) is 0 Å². The first-order chi connectivity index (χ1) is 10.0. The van der Waals surface area contributed by atoms with Gasteiger partial charge in [-0.1, -0.05) is 12.1 Å². The number of aliphatic hydroxyl groups is 1. The van der Waals surface area contributed by atoms with Crippen molar-refractivity contribution in [1.29, 1.82) is 0 Å². The second kappa shape index (κ2) is 6.91. The van der Waals surface area contributed by atoms with Crippen LogP contribution in [0.25, 0.3) is 0 Å². The number of benzene rings is 1. The Kier molecular flexibility index (Phi) is 5.20. The Morgan fingerprint density at radius 3 is 2.90 bits per heavy atom. The largest absolute Gasteiger partial charge is 0.483 e. The molecule has 0 spiro atoms. The molecule has 1 N–H and O–H groups in total. The third-order valence-corrected chi connectivity index (χ3v) is 3.79. The van der Waals surface area contributed by atoms with Gasteiger partial charge in [0, 0.05) is 13.1 Å². The predicted octanol–water partition coefficient (Wildman–Crippen LogP) is 1.29. The topological polar surface area (TPSA) is 59.0 Å². The second-order valence-corrected chi connectivity index (χ2v) is 5.54. The summed E-state index contributed by atoms with van der Waals surface area (Å²) in [5, 5.41) is 9.19. The van der Waals surface area contributed by atoms with Crippen molar-refractivity contribution in [2.24, 2.45) is 0 Å². The van der Waals surface area contributed by atoms with Crippen LogP contribution >= 0.6 is 0 Å². The van der Waals surface area contributed by atoms with Crippen LogP contribution in [0.4, 0.5) is 0 Å². The maximum atomic E-state index is 12.2. The fraction of sp³-hybridized carbons (Fsp3) is 0.562. The Labute approximate surface area is 125 Å². The van der Waals surface area contributed by atoms with Crippen LogP contribution < -0.4 is 4.74 Å². The lowest BCUT2D eigenvalue weighted by Crippen LogP contribution is -2.51. The Morgan fingerprint density at radius 2 is 2.19 bits per heavy atom. The molecule has 0 aliphatic carbocycles. The summed E-state index contributed by atoms with van der Waals surface area (Å²) in [4.78, 5) is 13.9. The van der Waals surface area contributed by atoms with E-state index in [0.29, 0.717) is 13.1 Å². The Morgan fingerprint density at radius 1 is 1.43 bits per heavy atom. The average molecular weight is 293 g/mol. The molecule has 1 aromatic carbocycles.